The van der Waals surface area contributed by atoms with E-state index in [1.165, 1.54) is 6.08 Å². The van der Waals surface area contributed by atoms with Crippen LogP contribution in [0.1, 0.15) is 45.7 Å². The molecule has 0 aliphatic heterocycles. The van der Waals surface area contributed by atoms with Crippen molar-refractivity contribution in [2.45, 2.75) is 40.2 Å². The van der Waals surface area contributed by atoms with Gasteiger partial charge in [-0.2, -0.15) is 0 Å². The second-order valence-corrected chi connectivity index (χ2v) is 7.44. The summed E-state index contributed by atoms with van der Waals surface area (Å²) >= 11 is 0. The van der Waals surface area contributed by atoms with Crippen LogP contribution in [-0.2, 0) is 19.2 Å². The molecular weight excluding hydrogens is 362 g/mol. The molecule has 1 atom stereocenters. The fraction of sp³-hybridized carbons (Fsp3) is 0.400. The number of carbonyl (C=O) groups is 4. The standard InChI is InChI=1S/C20H27N3O5/c1-5-9-16(25)23(13-17(26)27)22-19(28)18(14-10-7-6-8-11-14)21-15(24)12-20(2,3)4/h5-11,18H,12-13H2,1-4H3,(H,21,24)(H,22,28)(H,26,27)/b9-5+. The first kappa shape index (κ1) is 22.9. The molecule has 0 spiro atoms. The van der Waals surface area contributed by atoms with Gasteiger partial charge >= 0.3 is 5.97 Å². The summed E-state index contributed by atoms with van der Waals surface area (Å²) < 4.78 is 0. The summed E-state index contributed by atoms with van der Waals surface area (Å²) in [6.45, 7) is 6.57. The van der Waals surface area contributed by atoms with Gasteiger partial charge in [0, 0.05) is 12.5 Å². The van der Waals surface area contributed by atoms with E-state index in [0.717, 1.165) is 6.08 Å². The summed E-state index contributed by atoms with van der Waals surface area (Å²) in [5, 5.41) is 12.4. The molecule has 1 rings (SSSR count). The number of hydrogen-bond acceptors (Lipinski definition) is 4. The average molecular weight is 389 g/mol. The number of benzene rings is 1. The fourth-order valence-electron chi connectivity index (χ4n) is 2.38. The fourth-order valence-corrected chi connectivity index (χ4v) is 2.38. The quantitative estimate of drug-likeness (QED) is 0.486. The van der Waals surface area contributed by atoms with Gasteiger partial charge in [0.25, 0.3) is 11.8 Å². The Morgan fingerprint density at radius 1 is 1.14 bits per heavy atom. The first-order valence-corrected chi connectivity index (χ1v) is 8.84. The van der Waals surface area contributed by atoms with Gasteiger partial charge in [-0.1, -0.05) is 57.2 Å². The molecule has 0 fully saturated rings. The topological polar surface area (TPSA) is 116 Å². The highest BCUT2D eigenvalue weighted by atomic mass is 16.4. The monoisotopic (exact) mass is 389 g/mol. The summed E-state index contributed by atoms with van der Waals surface area (Å²) in [6, 6.07) is 7.44. The molecule has 0 aliphatic carbocycles. The number of amides is 3. The van der Waals surface area contributed by atoms with E-state index in [9.17, 15) is 19.2 Å². The zero-order valence-electron chi connectivity index (χ0n) is 16.6. The summed E-state index contributed by atoms with van der Waals surface area (Å²) in [5.74, 6) is -3.02. The number of allylic oxidation sites excluding steroid dienone is 1. The number of nitrogens with one attached hydrogen (secondary N) is 2. The van der Waals surface area contributed by atoms with Gasteiger partial charge in [0.2, 0.25) is 5.91 Å². The van der Waals surface area contributed by atoms with Crippen molar-refractivity contribution >= 4 is 23.7 Å². The van der Waals surface area contributed by atoms with Crippen molar-refractivity contribution in [3.05, 3.63) is 48.0 Å². The van der Waals surface area contributed by atoms with E-state index in [1.54, 1.807) is 37.3 Å². The van der Waals surface area contributed by atoms with Gasteiger partial charge in [0.1, 0.15) is 12.6 Å². The lowest BCUT2D eigenvalue weighted by atomic mass is 9.91. The molecule has 152 valence electrons. The molecule has 8 nitrogen and oxygen atoms in total. The third-order valence-corrected chi connectivity index (χ3v) is 3.51. The summed E-state index contributed by atoms with van der Waals surface area (Å²) in [5.41, 5.74) is 2.53. The van der Waals surface area contributed by atoms with E-state index in [4.69, 9.17) is 5.11 Å². The third-order valence-electron chi connectivity index (χ3n) is 3.51. The van der Waals surface area contributed by atoms with E-state index in [1.807, 2.05) is 20.8 Å². The van der Waals surface area contributed by atoms with E-state index in [0.29, 0.717) is 10.6 Å². The first-order valence-electron chi connectivity index (χ1n) is 8.84. The molecule has 8 heteroatoms. The Bertz CT molecular complexity index is 738. The summed E-state index contributed by atoms with van der Waals surface area (Å²) in [6.07, 6.45) is 2.77. The lowest BCUT2D eigenvalue weighted by Gasteiger charge is -2.26. The number of carboxylic acids is 1. The average Bonchev–Trinajstić information content (AvgIpc) is 2.58. The Morgan fingerprint density at radius 3 is 2.25 bits per heavy atom. The minimum Gasteiger partial charge on any atom is -0.480 e. The van der Waals surface area contributed by atoms with Crippen LogP contribution in [0.2, 0.25) is 0 Å². The molecule has 0 aromatic heterocycles. The number of carbonyl (C=O) groups excluding carboxylic acids is 3. The second kappa shape index (κ2) is 10.2. The zero-order chi connectivity index (χ0) is 21.3. The molecule has 1 aromatic carbocycles. The minimum atomic E-state index is -1.29. The predicted octanol–water partition coefficient (Wildman–Crippen LogP) is 1.80. The molecule has 1 unspecified atom stereocenters. The van der Waals surface area contributed by atoms with Gasteiger partial charge in [-0.05, 0) is 17.9 Å². The Morgan fingerprint density at radius 2 is 1.75 bits per heavy atom. The number of nitrogens with zero attached hydrogens (tertiary/aromatic N) is 1. The highest BCUT2D eigenvalue weighted by molar-refractivity contribution is 5.94. The van der Waals surface area contributed by atoms with Crippen LogP contribution < -0.4 is 10.7 Å². The van der Waals surface area contributed by atoms with Crippen LogP contribution >= 0.6 is 0 Å². The van der Waals surface area contributed by atoms with Crippen LogP contribution in [0.5, 0.6) is 0 Å². The van der Waals surface area contributed by atoms with Crippen LogP contribution in [0, 0.1) is 5.41 Å². The first-order chi connectivity index (χ1) is 13.0. The highest BCUT2D eigenvalue weighted by Crippen LogP contribution is 2.20. The maximum absolute atomic E-state index is 12.8. The van der Waals surface area contributed by atoms with E-state index in [2.05, 4.69) is 10.7 Å². The van der Waals surface area contributed by atoms with E-state index >= 15 is 0 Å². The minimum absolute atomic E-state index is 0.194. The number of carboxylic acid groups (broad SMARTS) is 1. The SMILES string of the molecule is C/C=C/C(=O)N(CC(=O)O)NC(=O)C(NC(=O)CC(C)(C)C)c1ccccc1. The van der Waals surface area contributed by atoms with Gasteiger partial charge in [-0.3, -0.25) is 24.6 Å². The van der Waals surface area contributed by atoms with Gasteiger partial charge in [-0.25, -0.2) is 5.01 Å². The van der Waals surface area contributed by atoms with E-state index in [-0.39, 0.29) is 17.7 Å². The van der Waals surface area contributed by atoms with E-state index < -0.39 is 30.4 Å². The van der Waals surface area contributed by atoms with Crippen LogP contribution in [0.25, 0.3) is 0 Å². The molecule has 0 bridgehead atoms. The lowest BCUT2D eigenvalue weighted by Crippen LogP contribution is -2.52. The Balaban J connectivity index is 3.07. The van der Waals surface area contributed by atoms with Crippen molar-refractivity contribution in [1.82, 2.24) is 15.8 Å². The number of hydrogen-bond donors (Lipinski definition) is 3. The maximum Gasteiger partial charge on any atom is 0.325 e. The normalized spacial score (nSPS) is 12.3. The van der Waals surface area contributed by atoms with Crippen molar-refractivity contribution in [2.75, 3.05) is 6.54 Å². The summed E-state index contributed by atoms with van der Waals surface area (Å²) in [4.78, 5) is 48.3. The second-order valence-electron chi connectivity index (χ2n) is 7.44. The van der Waals surface area contributed by atoms with Crippen LogP contribution in [0.3, 0.4) is 0 Å². The molecule has 3 amide bonds. The van der Waals surface area contributed by atoms with Crippen LogP contribution in [0.4, 0.5) is 0 Å². The maximum atomic E-state index is 12.8. The van der Waals surface area contributed by atoms with Crippen molar-refractivity contribution in [3.8, 4) is 0 Å². The molecule has 0 heterocycles. The van der Waals surface area contributed by atoms with Crippen LogP contribution in [-0.4, -0.2) is 40.4 Å². The zero-order valence-corrected chi connectivity index (χ0v) is 16.6. The van der Waals surface area contributed by atoms with Gasteiger partial charge in [0.05, 0.1) is 0 Å². The largest absolute Gasteiger partial charge is 0.480 e. The predicted molar refractivity (Wildman–Crippen MR) is 104 cm³/mol. The Kier molecular flexibility index (Phi) is 8.37. The van der Waals surface area contributed by atoms with Crippen molar-refractivity contribution < 1.29 is 24.3 Å². The van der Waals surface area contributed by atoms with Crippen molar-refractivity contribution in [1.29, 1.82) is 0 Å². The number of aliphatic carboxylic acids is 1. The van der Waals surface area contributed by atoms with Crippen molar-refractivity contribution in [3.63, 3.8) is 0 Å². The molecule has 0 radical (unpaired) electrons. The summed E-state index contributed by atoms with van der Waals surface area (Å²) in [7, 11) is 0. The molecule has 28 heavy (non-hydrogen) atoms. The lowest BCUT2D eigenvalue weighted by molar-refractivity contribution is -0.148. The highest BCUT2D eigenvalue weighted by Gasteiger charge is 2.27. The number of hydrazine groups is 1. The smallest absolute Gasteiger partial charge is 0.325 e. The van der Waals surface area contributed by atoms with Gasteiger partial charge < -0.3 is 10.4 Å². The Labute approximate surface area is 164 Å². The third kappa shape index (κ3) is 8.03. The molecule has 3 N–H and O–H groups in total. The molecule has 1 aromatic rings. The number of rotatable bonds is 7. The Hall–Kier alpha value is -3.16. The van der Waals surface area contributed by atoms with Crippen LogP contribution in [0.15, 0.2) is 42.5 Å². The molecular formula is C20H27N3O5. The molecule has 0 saturated heterocycles. The van der Waals surface area contributed by atoms with Gasteiger partial charge in [-0.15, -0.1) is 0 Å². The molecule has 0 saturated carbocycles. The van der Waals surface area contributed by atoms with Crippen molar-refractivity contribution in [2.24, 2.45) is 5.41 Å². The van der Waals surface area contributed by atoms with Gasteiger partial charge in [0.15, 0.2) is 0 Å². The molecule has 0 aliphatic rings.